The van der Waals surface area contributed by atoms with Crippen molar-refractivity contribution in [2.75, 3.05) is 45.4 Å². The second kappa shape index (κ2) is 8.97. The molecule has 0 unspecified atom stereocenters. The third-order valence-electron chi connectivity index (χ3n) is 3.16. The largest absolute Gasteiger partial charge is 0.383 e. The van der Waals surface area contributed by atoms with Crippen molar-refractivity contribution < 1.29 is 9.47 Å². The minimum atomic E-state index is 0.0804. The first-order valence-corrected chi connectivity index (χ1v) is 7.38. The Morgan fingerprint density at radius 2 is 1.76 bits per heavy atom. The zero-order chi connectivity index (χ0) is 15.7. The molecule has 0 bridgehead atoms. The van der Waals surface area contributed by atoms with E-state index in [-0.39, 0.29) is 5.54 Å². The summed E-state index contributed by atoms with van der Waals surface area (Å²) < 4.78 is 10.4. The molecule has 1 heterocycles. The van der Waals surface area contributed by atoms with E-state index in [0.29, 0.717) is 13.2 Å². The second-order valence-corrected chi connectivity index (χ2v) is 6.08. The van der Waals surface area contributed by atoms with Crippen molar-refractivity contribution in [3.63, 3.8) is 0 Å². The normalized spacial score (nSPS) is 11.7. The van der Waals surface area contributed by atoms with Gasteiger partial charge in [0.2, 0.25) is 0 Å². The van der Waals surface area contributed by atoms with E-state index < -0.39 is 0 Å². The number of hydrogen-bond acceptors (Lipinski definition) is 5. The highest BCUT2D eigenvalue weighted by Crippen LogP contribution is 2.20. The van der Waals surface area contributed by atoms with Gasteiger partial charge in [-0.25, -0.2) is 0 Å². The maximum atomic E-state index is 5.21. The van der Waals surface area contributed by atoms with Crippen molar-refractivity contribution in [3.8, 4) is 0 Å². The lowest BCUT2D eigenvalue weighted by molar-refractivity contribution is 0.190. The summed E-state index contributed by atoms with van der Waals surface area (Å²) in [6, 6.07) is 2.06. The fourth-order valence-electron chi connectivity index (χ4n) is 1.98. The molecule has 1 N–H and O–H groups in total. The van der Waals surface area contributed by atoms with E-state index in [2.05, 4.69) is 42.0 Å². The lowest BCUT2D eigenvalue weighted by atomic mass is 10.1. The number of hydrogen-bond donors (Lipinski definition) is 1. The fourth-order valence-corrected chi connectivity index (χ4v) is 1.98. The Morgan fingerprint density at radius 1 is 1.14 bits per heavy atom. The summed E-state index contributed by atoms with van der Waals surface area (Å²) in [5.41, 5.74) is 2.47. The maximum Gasteiger partial charge on any atom is 0.0637 e. The van der Waals surface area contributed by atoms with Gasteiger partial charge in [0.25, 0.3) is 0 Å². The van der Waals surface area contributed by atoms with Crippen molar-refractivity contribution in [1.29, 1.82) is 0 Å². The summed E-state index contributed by atoms with van der Waals surface area (Å²) in [4.78, 5) is 6.55. The molecule has 1 aromatic rings. The van der Waals surface area contributed by atoms with Crippen LogP contribution in [0.2, 0.25) is 0 Å². The summed E-state index contributed by atoms with van der Waals surface area (Å²) in [7, 11) is 3.45. The highest BCUT2D eigenvalue weighted by atomic mass is 16.5. The second-order valence-electron chi connectivity index (χ2n) is 6.08. The van der Waals surface area contributed by atoms with Gasteiger partial charge in [0.15, 0.2) is 0 Å². The molecule has 1 aromatic heterocycles. The van der Waals surface area contributed by atoms with E-state index in [1.807, 2.05) is 12.4 Å². The fraction of sp³-hybridized carbons (Fsp3) is 0.688. The van der Waals surface area contributed by atoms with Crippen LogP contribution in [0.15, 0.2) is 18.5 Å². The standard InChI is InChI=1S/C16H29N3O2/c1-16(2,3)18-13-14-12-17-7-6-15(14)19(8-10-20-4)9-11-21-5/h6-7,12,18H,8-11,13H2,1-5H3. The Hall–Kier alpha value is -1.17. The number of nitrogens with zero attached hydrogens (tertiary/aromatic N) is 2. The van der Waals surface area contributed by atoms with Gasteiger partial charge >= 0.3 is 0 Å². The number of ether oxygens (including phenoxy) is 2. The Bertz CT molecular complexity index is 397. The highest BCUT2D eigenvalue weighted by Gasteiger charge is 2.14. The number of rotatable bonds is 9. The quantitative estimate of drug-likeness (QED) is 0.755. The van der Waals surface area contributed by atoms with Gasteiger partial charge in [-0.15, -0.1) is 0 Å². The van der Waals surface area contributed by atoms with Gasteiger partial charge in [0.05, 0.1) is 13.2 Å². The van der Waals surface area contributed by atoms with Crippen LogP contribution < -0.4 is 10.2 Å². The summed E-state index contributed by atoms with van der Waals surface area (Å²) in [6.07, 6.45) is 3.77. The molecule has 5 nitrogen and oxygen atoms in total. The van der Waals surface area contributed by atoms with Crippen molar-refractivity contribution >= 4 is 5.69 Å². The van der Waals surface area contributed by atoms with Crippen LogP contribution in [0.4, 0.5) is 5.69 Å². The van der Waals surface area contributed by atoms with Crippen molar-refractivity contribution in [2.24, 2.45) is 0 Å². The van der Waals surface area contributed by atoms with Crippen molar-refractivity contribution in [2.45, 2.75) is 32.9 Å². The molecule has 0 aromatic carbocycles. The highest BCUT2D eigenvalue weighted by molar-refractivity contribution is 5.52. The molecule has 0 aliphatic heterocycles. The van der Waals surface area contributed by atoms with Gasteiger partial charge in [0, 0.05) is 63.0 Å². The molecule has 21 heavy (non-hydrogen) atoms. The van der Waals surface area contributed by atoms with Crippen molar-refractivity contribution in [3.05, 3.63) is 24.0 Å². The monoisotopic (exact) mass is 295 g/mol. The zero-order valence-electron chi connectivity index (χ0n) is 14.0. The molecule has 0 atom stereocenters. The van der Waals surface area contributed by atoms with E-state index in [9.17, 15) is 0 Å². The minimum absolute atomic E-state index is 0.0804. The molecule has 5 heteroatoms. The number of methoxy groups -OCH3 is 2. The molecule has 0 saturated heterocycles. The smallest absolute Gasteiger partial charge is 0.0637 e. The number of anilines is 1. The van der Waals surface area contributed by atoms with Crippen molar-refractivity contribution in [1.82, 2.24) is 10.3 Å². The number of aromatic nitrogens is 1. The Labute approximate surface area is 128 Å². The Kier molecular flexibility index (Phi) is 7.64. The number of pyridine rings is 1. The van der Waals surface area contributed by atoms with E-state index in [0.717, 1.165) is 19.6 Å². The molecule has 120 valence electrons. The van der Waals surface area contributed by atoms with E-state index in [4.69, 9.17) is 9.47 Å². The summed E-state index contributed by atoms with van der Waals surface area (Å²) in [5.74, 6) is 0. The van der Waals surface area contributed by atoms with Gasteiger partial charge in [0.1, 0.15) is 0 Å². The first kappa shape index (κ1) is 17.9. The van der Waals surface area contributed by atoms with E-state index in [1.54, 1.807) is 14.2 Å². The Balaban J connectivity index is 2.84. The third kappa shape index (κ3) is 6.89. The van der Waals surface area contributed by atoms with Gasteiger partial charge in [-0.3, -0.25) is 4.98 Å². The molecular formula is C16H29N3O2. The molecule has 0 radical (unpaired) electrons. The van der Waals surface area contributed by atoms with Crippen LogP contribution in [0.3, 0.4) is 0 Å². The van der Waals surface area contributed by atoms with Gasteiger partial charge in [-0.1, -0.05) is 0 Å². The Morgan fingerprint density at radius 3 is 2.29 bits per heavy atom. The predicted molar refractivity (Wildman–Crippen MR) is 86.8 cm³/mol. The molecule has 0 spiro atoms. The molecule has 1 rings (SSSR count). The summed E-state index contributed by atoms with van der Waals surface area (Å²) in [5, 5.41) is 3.52. The predicted octanol–water partition coefficient (Wildman–Crippen LogP) is 2.07. The van der Waals surface area contributed by atoms with E-state index >= 15 is 0 Å². The maximum absolute atomic E-state index is 5.21. The average Bonchev–Trinajstić information content (AvgIpc) is 2.45. The summed E-state index contributed by atoms with van der Waals surface area (Å²) in [6.45, 7) is 10.3. The minimum Gasteiger partial charge on any atom is -0.383 e. The molecule has 0 aliphatic carbocycles. The van der Waals surface area contributed by atoms with Crippen LogP contribution in [0, 0.1) is 0 Å². The molecular weight excluding hydrogens is 266 g/mol. The molecule has 0 saturated carbocycles. The molecule has 0 aliphatic rings. The van der Waals surface area contributed by atoms with Gasteiger partial charge < -0.3 is 19.7 Å². The zero-order valence-corrected chi connectivity index (χ0v) is 14.0. The first-order chi connectivity index (χ1) is 9.98. The molecule has 0 fully saturated rings. The summed E-state index contributed by atoms with van der Waals surface area (Å²) >= 11 is 0. The number of nitrogens with one attached hydrogen (secondary N) is 1. The lowest BCUT2D eigenvalue weighted by Gasteiger charge is -2.28. The third-order valence-corrected chi connectivity index (χ3v) is 3.16. The lowest BCUT2D eigenvalue weighted by Crippen LogP contribution is -2.36. The van der Waals surface area contributed by atoms with Crippen LogP contribution in [0.25, 0.3) is 0 Å². The topological polar surface area (TPSA) is 46.6 Å². The SMILES string of the molecule is COCCN(CCOC)c1ccncc1CNC(C)(C)C. The van der Waals surface area contributed by atoms with E-state index in [1.165, 1.54) is 11.3 Å². The van der Waals surface area contributed by atoms with Crippen LogP contribution in [-0.4, -0.2) is 51.0 Å². The van der Waals surface area contributed by atoms with Crippen LogP contribution >= 0.6 is 0 Å². The van der Waals surface area contributed by atoms with Crippen LogP contribution in [-0.2, 0) is 16.0 Å². The average molecular weight is 295 g/mol. The molecule has 0 amide bonds. The van der Waals surface area contributed by atoms with Crippen LogP contribution in [0.5, 0.6) is 0 Å². The van der Waals surface area contributed by atoms with Gasteiger partial charge in [-0.05, 0) is 26.8 Å². The van der Waals surface area contributed by atoms with Crippen LogP contribution in [0.1, 0.15) is 26.3 Å². The van der Waals surface area contributed by atoms with Gasteiger partial charge in [-0.2, -0.15) is 0 Å². The first-order valence-electron chi connectivity index (χ1n) is 7.38.